The average Bonchev–Trinajstić information content (AvgIpc) is 3.22. The smallest absolute Gasteiger partial charge is 0.300 e. The van der Waals surface area contributed by atoms with Gasteiger partial charge in [0.1, 0.15) is 36.2 Å². The van der Waals surface area contributed by atoms with Gasteiger partial charge in [0.2, 0.25) is 0 Å². The van der Waals surface area contributed by atoms with Crippen molar-refractivity contribution in [1.82, 2.24) is 0 Å². The Morgan fingerprint density at radius 1 is 0.895 bits per heavy atom. The zero-order valence-corrected chi connectivity index (χ0v) is 21.6. The van der Waals surface area contributed by atoms with Crippen molar-refractivity contribution in [2.45, 2.75) is 6.04 Å². The number of hydrogen-bond donors (Lipinski definition) is 1. The van der Waals surface area contributed by atoms with Crippen molar-refractivity contribution in [1.29, 1.82) is 0 Å². The van der Waals surface area contributed by atoms with Crippen LogP contribution >= 0.6 is 11.6 Å². The molecule has 1 N–H and O–H groups in total. The molecule has 9 nitrogen and oxygen atoms in total. The highest BCUT2D eigenvalue weighted by molar-refractivity contribution is 6.51. The first-order chi connectivity index (χ1) is 18.4. The Labute approximate surface area is 223 Å². The number of methoxy groups -OCH3 is 3. The minimum absolute atomic E-state index is 0.130. The number of halogens is 1. The van der Waals surface area contributed by atoms with Gasteiger partial charge in [-0.15, -0.1) is 0 Å². The van der Waals surface area contributed by atoms with E-state index in [4.69, 9.17) is 35.3 Å². The van der Waals surface area contributed by atoms with Crippen molar-refractivity contribution in [3.63, 3.8) is 0 Å². The molecule has 0 aliphatic carbocycles. The maximum absolute atomic E-state index is 13.5. The second-order valence-electron chi connectivity index (χ2n) is 8.46. The van der Waals surface area contributed by atoms with E-state index in [1.807, 2.05) is 0 Å². The number of amides is 1. The largest absolute Gasteiger partial charge is 0.507 e. The molecule has 5 rings (SSSR count). The van der Waals surface area contributed by atoms with E-state index in [2.05, 4.69) is 0 Å². The van der Waals surface area contributed by atoms with Gasteiger partial charge in [0.05, 0.1) is 43.5 Å². The van der Waals surface area contributed by atoms with E-state index in [1.54, 1.807) is 42.5 Å². The van der Waals surface area contributed by atoms with E-state index >= 15 is 0 Å². The van der Waals surface area contributed by atoms with Crippen molar-refractivity contribution in [2.75, 3.05) is 39.4 Å². The molecule has 0 spiro atoms. The standard InChI is InChI=1S/C28H24ClNO8/c1-34-17-7-4-15(5-8-17)25-24(26(31)18-13-19(29)22(36-3)14-21(18)35-2)27(32)28(33)30(25)16-6-9-20-23(12-16)38-11-10-37-20/h4-9,12-14,25,31H,10-11H2,1-3H3/b26-24+. The molecular formula is C28H24ClNO8. The summed E-state index contributed by atoms with van der Waals surface area (Å²) in [7, 11) is 4.40. The van der Waals surface area contributed by atoms with Gasteiger partial charge in [-0.05, 0) is 35.9 Å². The van der Waals surface area contributed by atoms with Crippen molar-refractivity contribution in [3.8, 4) is 28.7 Å². The molecule has 3 aromatic carbocycles. The average molecular weight is 538 g/mol. The first kappa shape index (κ1) is 25.3. The molecule has 1 fully saturated rings. The monoisotopic (exact) mass is 537 g/mol. The molecule has 0 saturated carbocycles. The van der Waals surface area contributed by atoms with Gasteiger partial charge >= 0.3 is 0 Å². The molecule has 0 radical (unpaired) electrons. The summed E-state index contributed by atoms with van der Waals surface area (Å²) >= 11 is 6.34. The van der Waals surface area contributed by atoms with Gasteiger partial charge in [-0.25, -0.2) is 0 Å². The van der Waals surface area contributed by atoms with Gasteiger partial charge in [0.25, 0.3) is 11.7 Å². The number of ether oxygens (including phenoxy) is 5. The van der Waals surface area contributed by atoms with Crippen LogP contribution in [0.5, 0.6) is 28.7 Å². The summed E-state index contributed by atoms with van der Waals surface area (Å²) in [4.78, 5) is 28.3. The molecule has 2 aliphatic rings. The number of benzene rings is 3. The van der Waals surface area contributed by atoms with Gasteiger partial charge in [0.15, 0.2) is 11.5 Å². The third-order valence-electron chi connectivity index (χ3n) is 6.41. The fraction of sp³-hybridized carbons (Fsp3) is 0.214. The third-order valence-corrected chi connectivity index (χ3v) is 6.70. The quantitative estimate of drug-likeness (QED) is 0.273. The molecule has 0 aromatic heterocycles. The van der Waals surface area contributed by atoms with Crippen molar-refractivity contribution in [2.24, 2.45) is 0 Å². The SMILES string of the molecule is COc1ccc(C2/C(=C(\O)c3cc(Cl)c(OC)cc3OC)C(=O)C(=O)N2c2ccc3c(c2)OCCO3)cc1. The van der Waals surface area contributed by atoms with E-state index in [0.717, 1.165) is 0 Å². The zero-order chi connectivity index (χ0) is 27.0. The van der Waals surface area contributed by atoms with Gasteiger partial charge in [-0.3, -0.25) is 14.5 Å². The summed E-state index contributed by atoms with van der Waals surface area (Å²) in [5.74, 6) is -0.0109. The first-order valence-corrected chi connectivity index (χ1v) is 12.0. The summed E-state index contributed by atoms with van der Waals surface area (Å²) in [5, 5.41) is 11.7. The highest BCUT2D eigenvalue weighted by atomic mass is 35.5. The molecule has 1 unspecified atom stereocenters. The van der Waals surface area contributed by atoms with Crippen LogP contribution in [0.3, 0.4) is 0 Å². The fourth-order valence-corrected chi connectivity index (χ4v) is 4.81. The normalized spacial score (nSPS) is 17.9. The van der Waals surface area contributed by atoms with Crippen LogP contribution in [0.2, 0.25) is 5.02 Å². The molecule has 1 saturated heterocycles. The minimum Gasteiger partial charge on any atom is -0.507 e. The first-order valence-electron chi connectivity index (χ1n) is 11.6. The number of carbonyl (C=O) groups is 2. The van der Waals surface area contributed by atoms with Crippen LogP contribution in [0.25, 0.3) is 5.76 Å². The lowest BCUT2D eigenvalue weighted by Crippen LogP contribution is -2.29. The van der Waals surface area contributed by atoms with E-state index in [9.17, 15) is 14.7 Å². The number of ketones is 1. The number of nitrogens with zero attached hydrogens (tertiary/aromatic N) is 1. The number of hydrogen-bond acceptors (Lipinski definition) is 8. The van der Waals surface area contributed by atoms with Gasteiger partial charge in [0, 0.05) is 17.8 Å². The lowest BCUT2D eigenvalue weighted by molar-refractivity contribution is -0.132. The summed E-state index contributed by atoms with van der Waals surface area (Å²) in [6, 6.07) is 13.8. The Balaban J connectivity index is 1.72. The fourth-order valence-electron chi connectivity index (χ4n) is 4.57. The molecule has 1 atom stereocenters. The van der Waals surface area contributed by atoms with Crippen LogP contribution in [0.15, 0.2) is 60.2 Å². The Bertz CT molecular complexity index is 1450. The Morgan fingerprint density at radius 3 is 2.24 bits per heavy atom. The molecule has 10 heteroatoms. The predicted octanol–water partition coefficient (Wildman–Crippen LogP) is 4.76. The molecule has 2 aliphatic heterocycles. The number of rotatable bonds is 6. The van der Waals surface area contributed by atoms with Gasteiger partial charge in [-0.1, -0.05) is 23.7 Å². The van der Waals surface area contributed by atoms with Crippen LogP contribution in [-0.2, 0) is 9.59 Å². The maximum atomic E-state index is 13.5. The number of anilines is 1. The van der Waals surface area contributed by atoms with Crippen LogP contribution in [-0.4, -0.2) is 51.3 Å². The van der Waals surface area contributed by atoms with E-state index in [0.29, 0.717) is 47.5 Å². The lowest BCUT2D eigenvalue weighted by atomic mass is 9.94. The number of carbonyl (C=O) groups excluding carboxylic acids is 2. The highest BCUT2D eigenvalue weighted by Gasteiger charge is 2.47. The van der Waals surface area contributed by atoms with E-state index < -0.39 is 23.5 Å². The number of aliphatic hydroxyl groups excluding tert-OH is 1. The number of Topliss-reactive ketones (excluding diaryl/α,β-unsaturated/α-hetero) is 1. The van der Waals surface area contributed by atoms with Crippen LogP contribution in [0, 0.1) is 0 Å². The highest BCUT2D eigenvalue weighted by Crippen LogP contribution is 2.46. The van der Waals surface area contributed by atoms with Crippen LogP contribution in [0.4, 0.5) is 5.69 Å². The van der Waals surface area contributed by atoms with Gasteiger partial charge < -0.3 is 28.8 Å². The van der Waals surface area contributed by atoms with E-state index in [-0.39, 0.29) is 21.9 Å². The molecule has 196 valence electrons. The topological polar surface area (TPSA) is 104 Å². The number of fused-ring (bicyclic) bond motifs is 1. The third kappa shape index (κ3) is 4.24. The molecule has 0 bridgehead atoms. The van der Waals surface area contributed by atoms with Crippen molar-refractivity contribution >= 4 is 34.7 Å². The molecule has 1 amide bonds. The molecule has 3 aromatic rings. The predicted molar refractivity (Wildman–Crippen MR) is 140 cm³/mol. The summed E-state index contributed by atoms with van der Waals surface area (Å²) in [6.07, 6.45) is 0. The van der Waals surface area contributed by atoms with Gasteiger partial charge in [-0.2, -0.15) is 0 Å². The molecular weight excluding hydrogens is 514 g/mol. The Hall–Kier alpha value is -4.37. The van der Waals surface area contributed by atoms with Crippen LogP contribution < -0.4 is 28.6 Å². The lowest BCUT2D eigenvalue weighted by Gasteiger charge is -2.27. The second kappa shape index (κ2) is 10.2. The van der Waals surface area contributed by atoms with Crippen LogP contribution in [0.1, 0.15) is 17.2 Å². The van der Waals surface area contributed by atoms with Crippen molar-refractivity contribution in [3.05, 3.63) is 76.3 Å². The maximum Gasteiger partial charge on any atom is 0.300 e. The zero-order valence-electron chi connectivity index (χ0n) is 20.8. The summed E-state index contributed by atoms with van der Waals surface area (Å²) in [5.41, 5.74) is 0.975. The second-order valence-corrected chi connectivity index (χ2v) is 8.86. The molecule has 2 heterocycles. The molecule has 38 heavy (non-hydrogen) atoms. The Kier molecular flexibility index (Phi) is 6.77. The minimum atomic E-state index is -0.978. The summed E-state index contributed by atoms with van der Waals surface area (Å²) in [6.45, 7) is 0.768. The van der Waals surface area contributed by atoms with Crippen molar-refractivity contribution < 1.29 is 38.4 Å². The van der Waals surface area contributed by atoms with E-state index in [1.165, 1.54) is 38.4 Å². The number of aliphatic hydroxyl groups is 1. The summed E-state index contributed by atoms with van der Waals surface area (Å²) < 4.78 is 27.3. The Morgan fingerprint density at radius 2 is 1.58 bits per heavy atom.